The molecule has 152 valence electrons. The molecule has 0 fully saturated rings. The highest BCUT2D eigenvalue weighted by atomic mass is 35.5. The summed E-state index contributed by atoms with van der Waals surface area (Å²) >= 11 is 6.41. The largest absolute Gasteiger partial charge is 0.488 e. The second kappa shape index (κ2) is 8.12. The van der Waals surface area contributed by atoms with Crippen LogP contribution in [0.1, 0.15) is 16.7 Å². The summed E-state index contributed by atoms with van der Waals surface area (Å²) in [5.74, 6) is 0.726. The number of hydrogen-bond donors (Lipinski definition) is 0. The number of hydrogen-bond acceptors (Lipinski definition) is 5. The maximum absolute atomic E-state index is 12.3. The number of nitrogens with zero attached hydrogens (tertiary/aromatic N) is 5. The first-order chi connectivity index (χ1) is 14.4. The molecule has 0 saturated carbocycles. The van der Waals surface area contributed by atoms with E-state index in [0.29, 0.717) is 16.3 Å². The van der Waals surface area contributed by atoms with Gasteiger partial charge < -0.3 is 4.74 Å². The zero-order valence-electron chi connectivity index (χ0n) is 16.8. The molecule has 0 amide bonds. The number of halogens is 1. The molecule has 2 aromatic heterocycles. The Bertz CT molecular complexity index is 1280. The Labute approximate surface area is 178 Å². The van der Waals surface area contributed by atoms with Gasteiger partial charge in [0.15, 0.2) is 0 Å². The quantitative estimate of drug-likeness (QED) is 0.489. The van der Waals surface area contributed by atoms with Gasteiger partial charge in [0, 0.05) is 29.4 Å². The summed E-state index contributed by atoms with van der Waals surface area (Å²) < 4.78 is 8.42. The molecule has 0 aliphatic heterocycles. The van der Waals surface area contributed by atoms with E-state index in [1.54, 1.807) is 31.4 Å². The number of aromatic nitrogens is 5. The molecule has 0 bridgehead atoms. The van der Waals surface area contributed by atoms with Crippen molar-refractivity contribution in [3.8, 4) is 22.7 Å². The monoisotopic (exact) mass is 421 g/mol. The lowest BCUT2D eigenvalue weighted by molar-refractivity contribution is 0.303. The molecule has 2 aromatic carbocycles. The van der Waals surface area contributed by atoms with E-state index in [1.165, 1.54) is 4.68 Å². The van der Waals surface area contributed by atoms with E-state index in [-0.39, 0.29) is 12.3 Å². The number of ether oxygens (including phenoxy) is 1. The van der Waals surface area contributed by atoms with E-state index in [9.17, 15) is 4.79 Å². The number of rotatable bonds is 5. The minimum absolute atomic E-state index is 0.181. The summed E-state index contributed by atoms with van der Waals surface area (Å²) in [6.07, 6.45) is 1.80. The number of benzene rings is 2. The predicted molar refractivity (Wildman–Crippen MR) is 115 cm³/mol. The Morgan fingerprint density at radius 3 is 2.60 bits per heavy atom. The summed E-state index contributed by atoms with van der Waals surface area (Å²) in [6, 6.07) is 15.2. The van der Waals surface area contributed by atoms with Crippen molar-refractivity contribution in [3.63, 3.8) is 0 Å². The van der Waals surface area contributed by atoms with Crippen LogP contribution in [0, 0.1) is 13.8 Å². The predicted octanol–water partition coefficient (Wildman–Crippen LogP) is 3.88. The fraction of sp³-hybridized carbons (Fsp3) is 0.182. The molecule has 0 radical (unpaired) electrons. The van der Waals surface area contributed by atoms with Gasteiger partial charge in [-0.1, -0.05) is 17.7 Å². The lowest BCUT2D eigenvalue weighted by Crippen LogP contribution is -2.23. The first-order valence-corrected chi connectivity index (χ1v) is 9.75. The van der Waals surface area contributed by atoms with E-state index in [1.807, 2.05) is 44.2 Å². The minimum Gasteiger partial charge on any atom is -0.488 e. The van der Waals surface area contributed by atoms with Crippen molar-refractivity contribution < 1.29 is 4.74 Å². The molecule has 0 unspecified atom stereocenters. The highest BCUT2D eigenvalue weighted by Gasteiger charge is 2.15. The molecule has 0 aliphatic carbocycles. The van der Waals surface area contributed by atoms with E-state index >= 15 is 0 Å². The molecule has 0 aliphatic rings. The maximum atomic E-state index is 12.3. The minimum atomic E-state index is -0.357. The third kappa shape index (κ3) is 3.84. The van der Waals surface area contributed by atoms with Crippen molar-refractivity contribution in [1.82, 2.24) is 24.8 Å². The average Bonchev–Trinajstić information content (AvgIpc) is 3.06. The van der Waals surface area contributed by atoms with Crippen molar-refractivity contribution in [2.24, 2.45) is 7.05 Å². The molecule has 30 heavy (non-hydrogen) atoms. The molecular formula is C22H20ClN5O2. The van der Waals surface area contributed by atoms with Crippen LogP contribution in [0.4, 0.5) is 0 Å². The zero-order chi connectivity index (χ0) is 21.3. The van der Waals surface area contributed by atoms with Gasteiger partial charge >= 0.3 is 5.69 Å². The van der Waals surface area contributed by atoms with Gasteiger partial charge in [0.25, 0.3) is 0 Å². The summed E-state index contributed by atoms with van der Waals surface area (Å²) in [5, 5.41) is 8.16. The molecule has 8 heteroatoms. The first kappa shape index (κ1) is 19.8. The van der Waals surface area contributed by atoms with Crippen LogP contribution in [0.25, 0.3) is 16.9 Å². The highest BCUT2D eigenvalue weighted by molar-refractivity contribution is 6.31. The molecule has 4 aromatic rings. The third-order valence-electron chi connectivity index (χ3n) is 4.80. The highest BCUT2D eigenvalue weighted by Crippen LogP contribution is 2.28. The summed E-state index contributed by atoms with van der Waals surface area (Å²) in [5.41, 5.74) is 4.91. The maximum Gasteiger partial charge on any atom is 0.368 e. The Morgan fingerprint density at radius 2 is 1.90 bits per heavy atom. The molecule has 4 rings (SSSR count). The van der Waals surface area contributed by atoms with Gasteiger partial charge in [-0.05, 0) is 77.9 Å². The number of aryl methyl sites for hydroxylation is 3. The molecule has 7 nitrogen and oxygen atoms in total. The van der Waals surface area contributed by atoms with Crippen LogP contribution in [0.2, 0.25) is 5.02 Å². The fourth-order valence-electron chi connectivity index (χ4n) is 3.17. The summed E-state index contributed by atoms with van der Waals surface area (Å²) in [7, 11) is 1.54. The second-order valence-corrected chi connectivity index (χ2v) is 7.43. The average molecular weight is 422 g/mol. The Kier molecular flexibility index (Phi) is 5.37. The van der Waals surface area contributed by atoms with Crippen LogP contribution in [0.3, 0.4) is 0 Å². The van der Waals surface area contributed by atoms with E-state index in [0.717, 1.165) is 32.8 Å². The molecule has 0 N–H and O–H groups in total. The van der Waals surface area contributed by atoms with Crippen LogP contribution < -0.4 is 10.4 Å². The molecule has 0 atom stereocenters. The van der Waals surface area contributed by atoms with Crippen molar-refractivity contribution in [3.05, 3.63) is 86.9 Å². The van der Waals surface area contributed by atoms with E-state index in [4.69, 9.17) is 16.3 Å². The van der Waals surface area contributed by atoms with Crippen LogP contribution in [-0.2, 0) is 13.7 Å². The van der Waals surface area contributed by atoms with Crippen molar-refractivity contribution in [1.29, 1.82) is 0 Å². The van der Waals surface area contributed by atoms with Crippen LogP contribution >= 0.6 is 11.6 Å². The lowest BCUT2D eigenvalue weighted by Gasteiger charge is -2.14. The molecule has 0 saturated heterocycles. The first-order valence-electron chi connectivity index (χ1n) is 9.37. The third-order valence-corrected chi connectivity index (χ3v) is 5.16. The number of tetrazole rings is 1. The van der Waals surface area contributed by atoms with Gasteiger partial charge in [0.1, 0.15) is 12.4 Å². The lowest BCUT2D eigenvalue weighted by atomic mass is 10.1. The standard InChI is InChI=1S/C22H20ClN5O2/c1-14-9-10-24-19(11-14)16-7-8-21(15(2)12-16)30-13-17-18(23)5-4-6-20(17)28-22(29)27(3)25-26-28/h4-12H,13H2,1-3H3. The SMILES string of the molecule is Cc1ccnc(-c2ccc(OCc3c(Cl)cccc3-n3nnn(C)c3=O)c(C)c2)c1. The van der Waals surface area contributed by atoms with Gasteiger partial charge in [-0.25, -0.2) is 4.79 Å². The van der Waals surface area contributed by atoms with Crippen LogP contribution in [0.5, 0.6) is 5.75 Å². The smallest absolute Gasteiger partial charge is 0.368 e. The summed E-state index contributed by atoms with van der Waals surface area (Å²) in [6.45, 7) is 4.20. The van der Waals surface area contributed by atoms with Gasteiger partial charge in [-0.2, -0.15) is 9.36 Å². The Balaban J connectivity index is 1.61. The topological polar surface area (TPSA) is 74.8 Å². The van der Waals surface area contributed by atoms with Crippen LogP contribution in [-0.4, -0.2) is 24.8 Å². The van der Waals surface area contributed by atoms with E-state index < -0.39 is 0 Å². The molecular weight excluding hydrogens is 402 g/mol. The van der Waals surface area contributed by atoms with Gasteiger partial charge in [0.2, 0.25) is 0 Å². The zero-order valence-corrected chi connectivity index (χ0v) is 17.6. The van der Waals surface area contributed by atoms with Crippen LogP contribution in [0.15, 0.2) is 59.5 Å². The fourth-order valence-corrected chi connectivity index (χ4v) is 3.39. The van der Waals surface area contributed by atoms with Gasteiger partial charge in [0.05, 0.1) is 11.4 Å². The Hall–Kier alpha value is -3.45. The molecule has 0 spiro atoms. The van der Waals surface area contributed by atoms with Crippen molar-refractivity contribution >= 4 is 11.6 Å². The normalized spacial score (nSPS) is 10.9. The second-order valence-electron chi connectivity index (χ2n) is 7.02. The molecule has 2 heterocycles. The summed E-state index contributed by atoms with van der Waals surface area (Å²) in [4.78, 5) is 16.7. The number of pyridine rings is 1. The van der Waals surface area contributed by atoms with Crippen molar-refractivity contribution in [2.75, 3.05) is 0 Å². The van der Waals surface area contributed by atoms with Gasteiger partial charge in [-0.15, -0.1) is 0 Å². The van der Waals surface area contributed by atoms with Gasteiger partial charge in [-0.3, -0.25) is 4.98 Å². The van der Waals surface area contributed by atoms with E-state index in [2.05, 4.69) is 15.4 Å². The Morgan fingerprint density at radius 1 is 1.07 bits per heavy atom. The van der Waals surface area contributed by atoms with Crippen molar-refractivity contribution in [2.45, 2.75) is 20.5 Å².